The number of unbranched alkanes of at least 4 members (excludes halogenated alkanes) is 1. The summed E-state index contributed by atoms with van der Waals surface area (Å²) in [4.78, 5) is 16.0. The maximum atomic E-state index is 11.5. The quantitative estimate of drug-likeness (QED) is 0.760. The number of aromatic nitrogens is 1. The second-order valence-electron chi connectivity index (χ2n) is 4.52. The van der Waals surface area contributed by atoms with Crippen LogP contribution in [0.3, 0.4) is 0 Å². The maximum Gasteiger partial charge on any atom is 0.220 e. The van der Waals surface area contributed by atoms with Crippen LogP contribution in [0.15, 0.2) is 5.38 Å². The Hall–Kier alpha value is -0.900. The molecule has 0 aliphatic carbocycles. The first-order valence-corrected chi connectivity index (χ1v) is 7.22. The molecule has 1 heterocycles. The molecule has 1 N–H and O–H groups in total. The van der Waals surface area contributed by atoms with Gasteiger partial charge in [0.15, 0.2) is 0 Å². The normalized spacial score (nSPS) is 10.8. The molecule has 0 atom stereocenters. The summed E-state index contributed by atoms with van der Waals surface area (Å²) in [6, 6.07) is 0. The Morgan fingerprint density at radius 3 is 2.88 bits per heavy atom. The van der Waals surface area contributed by atoms with Gasteiger partial charge in [-0.15, -0.1) is 11.3 Å². The van der Waals surface area contributed by atoms with Crippen molar-refractivity contribution in [1.29, 1.82) is 0 Å². The second-order valence-corrected chi connectivity index (χ2v) is 5.47. The molecule has 0 spiro atoms. The third-order valence-electron chi connectivity index (χ3n) is 2.58. The molecule has 0 unspecified atom stereocenters. The van der Waals surface area contributed by atoms with Crippen molar-refractivity contribution in [2.24, 2.45) is 0 Å². The minimum atomic E-state index is 0.139. The highest BCUT2D eigenvalue weighted by Gasteiger charge is 2.07. The van der Waals surface area contributed by atoms with Crippen molar-refractivity contribution in [1.82, 2.24) is 10.3 Å². The van der Waals surface area contributed by atoms with E-state index in [-0.39, 0.29) is 5.91 Å². The molecule has 96 valence electrons. The zero-order valence-corrected chi connectivity index (χ0v) is 11.8. The summed E-state index contributed by atoms with van der Waals surface area (Å²) in [6.07, 6.45) is 3.48. The maximum absolute atomic E-state index is 11.5. The highest BCUT2D eigenvalue weighted by atomic mass is 32.1. The van der Waals surface area contributed by atoms with Gasteiger partial charge in [0.05, 0.1) is 10.7 Å². The molecule has 4 heteroatoms. The molecule has 0 aliphatic rings. The van der Waals surface area contributed by atoms with E-state index >= 15 is 0 Å². The van der Waals surface area contributed by atoms with Gasteiger partial charge in [-0.1, -0.05) is 27.2 Å². The van der Waals surface area contributed by atoms with E-state index in [0.29, 0.717) is 12.3 Å². The third kappa shape index (κ3) is 5.31. The average molecular weight is 254 g/mol. The SMILES string of the molecule is CCCCNC(=O)CCc1nc(C(C)C)cs1. The lowest BCUT2D eigenvalue weighted by Crippen LogP contribution is -2.24. The summed E-state index contributed by atoms with van der Waals surface area (Å²) in [5.41, 5.74) is 1.14. The Morgan fingerprint density at radius 2 is 2.29 bits per heavy atom. The van der Waals surface area contributed by atoms with E-state index in [2.05, 4.69) is 36.5 Å². The van der Waals surface area contributed by atoms with Crippen molar-refractivity contribution in [2.45, 2.75) is 52.4 Å². The number of carbonyl (C=O) groups is 1. The van der Waals surface area contributed by atoms with Crippen LogP contribution in [0.25, 0.3) is 0 Å². The zero-order chi connectivity index (χ0) is 12.7. The highest BCUT2D eigenvalue weighted by molar-refractivity contribution is 7.09. The van der Waals surface area contributed by atoms with E-state index in [1.165, 1.54) is 0 Å². The van der Waals surface area contributed by atoms with Crippen LogP contribution in [0.5, 0.6) is 0 Å². The van der Waals surface area contributed by atoms with E-state index < -0.39 is 0 Å². The summed E-state index contributed by atoms with van der Waals surface area (Å²) in [6.45, 7) is 7.19. The van der Waals surface area contributed by atoms with Gasteiger partial charge in [0, 0.05) is 24.8 Å². The first-order valence-electron chi connectivity index (χ1n) is 6.34. The smallest absolute Gasteiger partial charge is 0.220 e. The monoisotopic (exact) mass is 254 g/mol. The van der Waals surface area contributed by atoms with Crippen LogP contribution < -0.4 is 5.32 Å². The molecule has 1 rings (SSSR count). The van der Waals surface area contributed by atoms with Gasteiger partial charge in [0.1, 0.15) is 0 Å². The summed E-state index contributed by atoms with van der Waals surface area (Å²) in [7, 11) is 0. The summed E-state index contributed by atoms with van der Waals surface area (Å²) in [5, 5.41) is 6.08. The van der Waals surface area contributed by atoms with Crippen molar-refractivity contribution < 1.29 is 4.79 Å². The van der Waals surface area contributed by atoms with Gasteiger partial charge in [-0.2, -0.15) is 0 Å². The number of hydrogen-bond acceptors (Lipinski definition) is 3. The minimum absolute atomic E-state index is 0.139. The molecule has 0 aromatic carbocycles. The van der Waals surface area contributed by atoms with Gasteiger partial charge >= 0.3 is 0 Å². The molecule has 0 saturated heterocycles. The van der Waals surface area contributed by atoms with Crippen LogP contribution in [-0.2, 0) is 11.2 Å². The number of hydrogen-bond donors (Lipinski definition) is 1. The van der Waals surface area contributed by atoms with Gasteiger partial charge in [-0.05, 0) is 12.3 Å². The van der Waals surface area contributed by atoms with Crippen LogP contribution in [0.4, 0.5) is 0 Å². The summed E-state index contributed by atoms with van der Waals surface area (Å²) >= 11 is 1.66. The van der Waals surface area contributed by atoms with Crippen LogP contribution in [0, 0.1) is 0 Å². The number of nitrogens with one attached hydrogen (secondary N) is 1. The molecule has 1 amide bonds. The molecular formula is C13H22N2OS. The average Bonchev–Trinajstić information content (AvgIpc) is 2.75. The lowest BCUT2D eigenvalue weighted by Gasteiger charge is -2.02. The van der Waals surface area contributed by atoms with E-state index in [4.69, 9.17) is 0 Å². The third-order valence-corrected chi connectivity index (χ3v) is 3.51. The van der Waals surface area contributed by atoms with E-state index in [0.717, 1.165) is 36.5 Å². The molecule has 1 aromatic heterocycles. The number of thiazole rings is 1. The lowest BCUT2D eigenvalue weighted by molar-refractivity contribution is -0.121. The standard InChI is InChI=1S/C13H22N2OS/c1-4-5-8-14-12(16)6-7-13-15-11(9-17-13)10(2)3/h9-10H,4-8H2,1-3H3,(H,14,16). The van der Waals surface area contributed by atoms with Crippen molar-refractivity contribution >= 4 is 17.2 Å². The first kappa shape index (κ1) is 14.2. The Morgan fingerprint density at radius 1 is 1.53 bits per heavy atom. The summed E-state index contributed by atoms with van der Waals surface area (Å²) < 4.78 is 0. The van der Waals surface area contributed by atoms with Gasteiger partial charge < -0.3 is 5.32 Å². The van der Waals surface area contributed by atoms with E-state index in [9.17, 15) is 4.79 Å². The predicted octanol–water partition coefficient (Wildman–Crippen LogP) is 3.12. The number of nitrogens with zero attached hydrogens (tertiary/aromatic N) is 1. The van der Waals surface area contributed by atoms with Crippen molar-refractivity contribution in [3.63, 3.8) is 0 Å². The molecule has 0 fully saturated rings. The molecule has 17 heavy (non-hydrogen) atoms. The van der Waals surface area contributed by atoms with Crippen molar-refractivity contribution in [3.05, 3.63) is 16.1 Å². The van der Waals surface area contributed by atoms with Crippen molar-refractivity contribution in [3.8, 4) is 0 Å². The molecule has 0 radical (unpaired) electrons. The van der Waals surface area contributed by atoms with Gasteiger partial charge in [0.25, 0.3) is 0 Å². The first-order chi connectivity index (χ1) is 8.13. The molecule has 0 saturated carbocycles. The summed E-state index contributed by atoms with van der Waals surface area (Å²) in [5.74, 6) is 0.609. The number of carbonyl (C=O) groups excluding carboxylic acids is 1. The Kier molecular flexibility index (Phi) is 6.19. The van der Waals surface area contributed by atoms with Crippen LogP contribution >= 0.6 is 11.3 Å². The largest absolute Gasteiger partial charge is 0.356 e. The predicted molar refractivity (Wildman–Crippen MR) is 72.4 cm³/mol. The van der Waals surface area contributed by atoms with Crippen LogP contribution in [-0.4, -0.2) is 17.4 Å². The molecular weight excluding hydrogens is 232 g/mol. The number of aryl methyl sites for hydroxylation is 1. The fraction of sp³-hybridized carbons (Fsp3) is 0.692. The van der Waals surface area contributed by atoms with Gasteiger partial charge in [-0.25, -0.2) is 4.98 Å². The molecule has 0 aliphatic heterocycles. The highest BCUT2D eigenvalue weighted by Crippen LogP contribution is 2.18. The van der Waals surface area contributed by atoms with E-state index in [1.807, 2.05) is 0 Å². The zero-order valence-electron chi connectivity index (χ0n) is 11.0. The van der Waals surface area contributed by atoms with Crippen molar-refractivity contribution in [2.75, 3.05) is 6.54 Å². The Balaban J connectivity index is 2.27. The second kappa shape index (κ2) is 7.43. The molecule has 1 aromatic rings. The van der Waals surface area contributed by atoms with Gasteiger partial charge in [-0.3, -0.25) is 4.79 Å². The van der Waals surface area contributed by atoms with E-state index in [1.54, 1.807) is 11.3 Å². The van der Waals surface area contributed by atoms with Crippen LogP contribution in [0.1, 0.15) is 56.7 Å². The van der Waals surface area contributed by atoms with Gasteiger partial charge in [0.2, 0.25) is 5.91 Å². The fourth-order valence-corrected chi connectivity index (χ4v) is 2.38. The minimum Gasteiger partial charge on any atom is -0.356 e. The Labute approximate surface area is 108 Å². The molecule has 3 nitrogen and oxygen atoms in total. The topological polar surface area (TPSA) is 42.0 Å². The Bertz CT molecular complexity index is 347. The lowest BCUT2D eigenvalue weighted by atomic mass is 10.2. The fourth-order valence-electron chi connectivity index (χ4n) is 1.42. The number of amides is 1. The number of rotatable bonds is 7. The molecule has 0 bridgehead atoms. The van der Waals surface area contributed by atoms with Crippen LogP contribution in [0.2, 0.25) is 0 Å².